The van der Waals surface area contributed by atoms with Gasteiger partial charge in [0.15, 0.2) is 0 Å². The van der Waals surface area contributed by atoms with Gasteiger partial charge in [0.1, 0.15) is 5.82 Å². The van der Waals surface area contributed by atoms with E-state index in [9.17, 15) is 4.39 Å². The molecule has 2 N–H and O–H groups in total. The van der Waals surface area contributed by atoms with Gasteiger partial charge in [0.25, 0.3) is 0 Å². The Morgan fingerprint density at radius 3 is 2.56 bits per heavy atom. The van der Waals surface area contributed by atoms with Crippen LogP contribution in [0.4, 0.5) is 4.39 Å². The van der Waals surface area contributed by atoms with Gasteiger partial charge in [-0.2, -0.15) is 0 Å². The highest BCUT2D eigenvalue weighted by atomic mass is 19.1. The molecular weight excluding hydrogens is 203 g/mol. The number of nitrogens with zero attached hydrogens (tertiary/aromatic N) is 1. The fraction of sp³-hybridized carbons (Fsp3) is 0.385. The molecule has 16 heavy (non-hydrogen) atoms. The first-order valence-electron chi connectivity index (χ1n) is 5.51. The van der Waals surface area contributed by atoms with Gasteiger partial charge in [-0.3, -0.25) is 0 Å². The number of hydrogen-bond donors (Lipinski definition) is 1. The molecule has 0 aliphatic carbocycles. The van der Waals surface area contributed by atoms with Gasteiger partial charge in [0, 0.05) is 24.2 Å². The summed E-state index contributed by atoms with van der Waals surface area (Å²) < 4.78 is 15.1. The number of benzene rings is 1. The molecule has 0 fully saturated rings. The Labute approximate surface area is 94.9 Å². The van der Waals surface area contributed by atoms with Crippen molar-refractivity contribution in [1.82, 2.24) is 4.57 Å². The fourth-order valence-corrected chi connectivity index (χ4v) is 1.99. The van der Waals surface area contributed by atoms with Crippen LogP contribution in [0.2, 0.25) is 0 Å². The van der Waals surface area contributed by atoms with Gasteiger partial charge in [-0.1, -0.05) is 13.8 Å². The zero-order valence-electron chi connectivity index (χ0n) is 9.87. The Morgan fingerprint density at radius 2 is 1.94 bits per heavy atom. The topological polar surface area (TPSA) is 30.9 Å². The van der Waals surface area contributed by atoms with E-state index < -0.39 is 0 Å². The normalized spacial score (nSPS) is 13.6. The van der Waals surface area contributed by atoms with Crippen molar-refractivity contribution in [3.05, 3.63) is 35.8 Å². The van der Waals surface area contributed by atoms with Gasteiger partial charge in [0.2, 0.25) is 0 Å². The average molecular weight is 220 g/mol. The summed E-state index contributed by atoms with van der Waals surface area (Å²) in [5, 5.41) is 1.04. The quantitative estimate of drug-likeness (QED) is 0.828. The summed E-state index contributed by atoms with van der Waals surface area (Å²) in [6.07, 6.45) is 0. The van der Waals surface area contributed by atoms with Gasteiger partial charge in [0.05, 0.1) is 5.52 Å². The molecule has 86 valence electrons. The maximum Gasteiger partial charge on any atom is 0.125 e. The van der Waals surface area contributed by atoms with Crippen LogP contribution in [0.5, 0.6) is 0 Å². The highest BCUT2D eigenvalue weighted by Crippen LogP contribution is 2.26. The average Bonchev–Trinajstić information content (AvgIpc) is 2.55. The third kappa shape index (κ3) is 1.71. The van der Waals surface area contributed by atoms with Crippen molar-refractivity contribution in [2.75, 3.05) is 0 Å². The number of aryl methyl sites for hydroxylation is 1. The van der Waals surface area contributed by atoms with Crippen molar-refractivity contribution >= 4 is 10.9 Å². The van der Waals surface area contributed by atoms with Crippen LogP contribution < -0.4 is 5.73 Å². The number of fused-ring (bicyclic) bond motifs is 1. The molecule has 2 rings (SSSR count). The molecule has 1 aromatic heterocycles. The molecule has 1 aromatic carbocycles. The van der Waals surface area contributed by atoms with E-state index in [1.807, 2.05) is 17.7 Å². The number of nitrogens with two attached hydrogens (primary N) is 1. The van der Waals surface area contributed by atoms with Gasteiger partial charge < -0.3 is 10.3 Å². The second-order valence-corrected chi connectivity index (χ2v) is 4.60. The lowest BCUT2D eigenvalue weighted by Gasteiger charge is -2.16. The SMILES string of the molecule is CC(C)C(N)c1cc2ccc(F)cc2n1C. The highest BCUT2D eigenvalue weighted by molar-refractivity contribution is 5.81. The molecule has 1 atom stereocenters. The Hall–Kier alpha value is -1.35. The van der Waals surface area contributed by atoms with E-state index in [4.69, 9.17) is 5.73 Å². The smallest absolute Gasteiger partial charge is 0.125 e. The van der Waals surface area contributed by atoms with E-state index >= 15 is 0 Å². The molecule has 2 nitrogen and oxygen atoms in total. The van der Waals surface area contributed by atoms with Gasteiger partial charge in [-0.15, -0.1) is 0 Å². The maximum absolute atomic E-state index is 13.1. The van der Waals surface area contributed by atoms with Crippen LogP contribution in [0.3, 0.4) is 0 Å². The largest absolute Gasteiger partial charge is 0.346 e. The van der Waals surface area contributed by atoms with Crippen LogP contribution in [0.1, 0.15) is 25.6 Å². The van der Waals surface area contributed by atoms with E-state index in [2.05, 4.69) is 13.8 Å². The molecule has 0 saturated heterocycles. The fourth-order valence-electron chi connectivity index (χ4n) is 1.99. The zero-order chi connectivity index (χ0) is 11.9. The van der Waals surface area contributed by atoms with E-state index in [0.29, 0.717) is 5.92 Å². The number of rotatable bonds is 2. The summed E-state index contributed by atoms with van der Waals surface area (Å²) in [5.41, 5.74) is 8.07. The van der Waals surface area contributed by atoms with Crippen molar-refractivity contribution in [3.8, 4) is 0 Å². The highest BCUT2D eigenvalue weighted by Gasteiger charge is 2.16. The van der Waals surface area contributed by atoms with Crippen LogP contribution in [0, 0.1) is 11.7 Å². The molecule has 0 spiro atoms. The first kappa shape index (κ1) is 11.1. The minimum atomic E-state index is -0.210. The Morgan fingerprint density at radius 1 is 1.25 bits per heavy atom. The summed E-state index contributed by atoms with van der Waals surface area (Å²) in [5.74, 6) is 0.159. The minimum Gasteiger partial charge on any atom is -0.346 e. The lowest BCUT2D eigenvalue weighted by molar-refractivity contribution is 0.492. The summed E-state index contributed by atoms with van der Waals surface area (Å²) in [6, 6.07) is 6.85. The van der Waals surface area contributed by atoms with E-state index in [-0.39, 0.29) is 11.9 Å². The molecular formula is C13H17FN2. The van der Waals surface area contributed by atoms with Crippen LogP contribution in [-0.2, 0) is 7.05 Å². The van der Waals surface area contributed by atoms with E-state index in [1.165, 1.54) is 6.07 Å². The van der Waals surface area contributed by atoms with Crippen molar-refractivity contribution in [1.29, 1.82) is 0 Å². The maximum atomic E-state index is 13.1. The predicted octanol–water partition coefficient (Wildman–Crippen LogP) is 2.97. The first-order valence-corrected chi connectivity index (χ1v) is 5.51. The van der Waals surface area contributed by atoms with Crippen molar-refractivity contribution in [3.63, 3.8) is 0 Å². The lowest BCUT2D eigenvalue weighted by Crippen LogP contribution is -2.19. The van der Waals surface area contributed by atoms with Crippen molar-refractivity contribution in [2.45, 2.75) is 19.9 Å². The van der Waals surface area contributed by atoms with E-state index in [1.54, 1.807) is 12.1 Å². The monoisotopic (exact) mass is 220 g/mol. The molecule has 1 heterocycles. The molecule has 0 saturated carbocycles. The summed E-state index contributed by atoms with van der Waals surface area (Å²) >= 11 is 0. The zero-order valence-corrected chi connectivity index (χ0v) is 9.87. The molecule has 0 radical (unpaired) electrons. The molecule has 0 bridgehead atoms. The second kappa shape index (κ2) is 3.91. The number of halogens is 1. The number of aromatic nitrogens is 1. The van der Waals surface area contributed by atoms with Gasteiger partial charge in [-0.25, -0.2) is 4.39 Å². The predicted molar refractivity (Wildman–Crippen MR) is 64.6 cm³/mol. The molecule has 1 unspecified atom stereocenters. The summed E-state index contributed by atoms with van der Waals surface area (Å²) in [4.78, 5) is 0. The van der Waals surface area contributed by atoms with Gasteiger partial charge in [-0.05, 0) is 30.2 Å². The van der Waals surface area contributed by atoms with E-state index in [0.717, 1.165) is 16.6 Å². The Kier molecular flexibility index (Phi) is 2.72. The second-order valence-electron chi connectivity index (χ2n) is 4.60. The Bertz CT molecular complexity index is 514. The third-order valence-electron chi connectivity index (χ3n) is 3.10. The number of hydrogen-bond acceptors (Lipinski definition) is 1. The Balaban J connectivity index is 2.60. The summed E-state index contributed by atoms with van der Waals surface area (Å²) in [7, 11) is 1.93. The van der Waals surface area contributed by atoms with Crippen LogP contribution in [-0.4, -0.2) is 4.57 Å². The molecule has 0 aliphatic heterocycles. The molecule has 3 heteroatoms. The molecule has 0 amide bonds. The van der Waals surface area contributed by atoms with Crippen molar-refractivity contribution in [2.24, 2.45) is 18.7 Å². The van der Waals surface area contributed by atoms with Crippen LogP contribution in [0.25, 0.3) is 10.9 Å². The van der Waals surface area contributed by atoms with Gasteiger partial charge >= 0.3 is 0 Å². The summed E-state index contributed by atoms with van der Waals surface area (Å²) in [6.45, 7) is 4.17. The third-order valence-corrected chi connectivity index (χ3v) is 3.10. The van der Waals surface area contributed by atoms with Crippen LogP contribution >= 0.6 is 0 Å². The van der Waals surface area contributed by atoms with Crippen molar-refractivity contribution < 1.29 is 4.39 Å². The van der Waals surface area contributed by atoms with Crippen LogP contribution in [0.15, 0.2) is 24.3 Å². The lowest BCUT2D eigenvalue weighted by atomic mass is 10.0. The molecule has 0 aliphatic rings. The minimum absolute atomic E-state index is 0.0135. The molecule has 2 aromatic rings. The first-order chi connectivity index (χ1) is 7.50. The standard InChI is InChI=1S/C13H17FN2/c1-8(2)13(15)12-6-9-4-5-10(14)7-11(9)16(12)3/h4-8,13H,15H2,1-3H3.